The lowest BCUT2D eigenvalue weighted by Gasteiger charge is -2.31. The molecule has 1 aliphatic rings. The second kappa shape index (κ2) is 7.96. The SMILES string of the molecule is CCOC(=O)N1CCC(NC(=O)c2ccc(Cl)cc2[N+](=O)[O-])CC1. The van der Waals surface area contributed by atoms with E-state index in [1.165, 1.54) is 12.1 Å². The molecule has 9 heteroatoms. The van der Waals surface area contributed by atoms with Crippen molar-refractivity contribution in [2.75, 3.05) is 19.7 Å². The van der Waals surface area contributed by atoms with E-state index >= 15 is 0 Å². The summed E-state index contributed by atoms with van der Waals surface area (Å²) in [5.41, 5.74) is -0.360. The lowest BCUT2D eigenvalue weighted by atomic mass is 10.0. The van der Waals surface area contributed by atoms with Crippen molar-refractivity contribution in [3.05, 3.63) is 38.9 Å². The van der Waals surface area contributed by atoms with E-state index in [2.05, 4.69) is 5.32 Å². The molecule has 1 aromatic carbocycles. The normalized spacial score (nSPS) is 15.0. The summed E-state index contributed by atoms with van der Waals surface area (Å²) in [4.78, 5) is 35.9. The number of ether oxygens (including phenoxy) is 1. The average Bonchev–Trinajstić information content (AvgIpc) is 2.55. The third-order valence-electron chi connectivity index (χ3n) is 3.76. The molecule has 24 heavy (non-hydrogen) atoms. The molecule has 0 bridgehead atoms. The topological polar surface area (TPSA) is 102 Å². The zero-order valence-corrected chi connectivity index (χ0v) is 13.9. The first-order chi connectivity index (χ1) is 11.4. The molecule has 0 unspecified atom stereocenters. The Morgan fingerprint density at radius 3 is 2.67 bits per heavy atom. The number of nitro benzene ring substituents is 1. The molecule has 0 spiro atoms. The summed E-state index contributed by atoms with van der Waals surface area (Å²) in [5.74, 6) is -0.520. The molecule has 1 N–H and O–H groups in total. The number of hydrogen-bond acceptors (Lipinski definition) is 5. The van der Waals surface area contributed by atoms with Gasteiger partial charge in [-0.05, 0) is 31.9 Å². The van der Waals surface area contributed by atoms with Gasteiger partial charge in [-0.3, -0.25) is 14.9 Å². The number of nitro groups is 1. The maximum atomic E-state index is 12.3. The van der Waals surface area contributed by atoms with E-state index in [-0.39, 0.29) is 28.4 Å². The van der Waals surface area contributed by atoms with Crippen molar-refractivity contribution in [1.29, 1.82) is 0 Å². The molecule has 0 saturated carbocycles. The second-order valence-corrected chi connectivity index (χ2v) is 5.79. The molecular formula is C15H18ClN3O5. The fourth-order valence-electron chi connectivity index (χ4n) is 2.53. The van der Waals surface area contributed by atoms with Crippen LogP contribution >= 0.6 is 11.6 Å². The third-order valence-corrected chi connectivity index (χ3v) is 3.99. The van der Waals surface area contributed by atoms with Crippen molar-refractivity contribution in [2.24, 2.45) is 0 Å². The Morgan fingerprint density at radius 2 is 2.08 bits per heavy atom. The van der Waals surface area contributed by atoms with Gasteiger partial charge in [-0.15, -0.1) is 0 Å². The minimum atomic E-state index is -0.635. The predicted molar refractivity (Wildman–Crippen MR) is 87.2 cm³/mol. The van der Waals surface area contributed by atoms with Crippen LogP contribution < -0.4 is 5.32 Å². The van der Waals surface area contributed by atoms with E-state index in [1.807, 2.05) is 0 Å². The largest absolute Gasteiger partial charge is 0.450 e. The molecule has 1 fully saturated rings. The van der Waals surface area contributed by atoms with Gasteiger partial charge in [0.25, 0.3) is 11.6 Å². The Labute approximate surface area is 143 Å². The molecule has 1 heterocycles. The Kier molecular flexibility index (Phi) is 5.97. The van der Waals surface area contributed by atoms with Crippen molar-refractivity contribution in [1.82, 2.24) is 10.2 Å². The highest BCUT2D eigenvalue weighted by Crippen LogP contribution is 2.23. The Hall–Kier alpha value is -2.35. The zero-order valence-electron chi connectivity index (χ0n) is 13.2. The van der Waals surface area contributed by atoms with Gasteiger partial charge in [-0.2, -0.15) is 0 Å². The summed E-state index contributed by atoms with van der Waals surface area (Å²) in [7, 11) is 0. The molecule has 8 nitrogen and oxygen atoms in total. The van der Waals surface area contributed by atoms with E-state index in [1.54, 1.807) is 11.8 Å². The minimum Gasteiger partial charge on any atom is -0.450 e. The van der Waals surface area contributed by atoms with Crippen LogP contribution in [-0.2, 0) is 4.74 Å². The van der Waals surface area contributed by atoms with Crippen molar-refractivity contribution >= 4 is 29.3 Å². The van der Waals surface area contributed by atoms with Crippen LogP contribution in [0.4, 0.5) is 10.5 Å². The number of carbonyl (C=O) groups excluding carboxylic acids is 2. The molecular weight excluding hydrogens is 338 g/mol. The van der Waals surface area contributed by atoms with Gasteiger partial charge in [0, 0.05) is 30.2 Å². The Bertz CT molecular complexity index is 644. The first-order valence-electron chi connectivity index (χ1n) is 7.59. The summed E-state index contributed by atoms with van der Waals surface area (Å²) in [6.45, 7) is 2.98. The molecule has 2 amide bonds. The number of hydrogen-bond donors (Lipinski definition) is 1. The van der Waals surface area contributed by atoms with Crippen molar-refractivity contribution in [3.63, 3.8) is 0 Å². The van der Waals surface area contributed by atoms with Crippen molar-refractivity contribution < 1.29 is 19.2 Å². The van der Waals surface area contributed by atoms with Gasteiger partial charge < -0.3 is 15.0 Å². The molecule has 0 aliphatic carbocycles. The first kappa shape index (κ1) is 18.0. The van der Waals surface area contributed by atoms with Crippen molar-refractivity contribution in [2.45, 2.75) is 25.8 Å². The fourth-order valence-corrected chi connectivity index (χ4v) is 2.70. The van der Waals surface area contributed by atoms with Gasteiger partial charge in [-0.1, -0.05) is 11.6 Å². The number of likely N-dealkylation sites (tertiary alicyclic amines) is 1. The van der Waals surface area contributed by atoms with Crippen molar-refractivity contribution in [3.8, 4) is 0 Å². The van der Waals surface area contributed by atoms with E-state index in [9.17, 15) is 19.7 Å². The number of piperidine rings is 1. The zero-order chi connectivity index (χ0) is 17.7. The van der Waals surface area contributed by atoms with E-state index in [0.29, 0.717) is 32.5 Å². The number of rotatable bonds is 4. The number of carbonyl (C=O) groups is 2. The monoisotopic (exact) mass is 355 g/mol. The molecule has 2 rings (SSSR count). The van der Waals surface area contributed by atoms with Crippen LogP contribution in [0, 0.1) is 10.1 Å². The number of nitrogens with zero attached hydrogens (tertiary/aromatic N) is 2. The van der Waals surface area contributed by atoms with Gasteiger partial charge in [0.15, 0.2) is 0 Å². The van der Waals surface area contributed by atoms with E-state index < -0.39 is 10.8 Å². The molecule has 0 radical (unpaired) electrons. The standard InChI is InChI=1S/C15H18ClN3O5/c1-2-24-15(21)18-7-5-11(6-8-18)17-14(20)12-4-3-10(16)9-13(12)19(22)23/h3-4,9,11H,2,5-8H2,1H3,(H,17,20). The molecule has 130 valence electrons. The second-order valence-electron chi connectivity index (χ2n) is 5.35. The van der Waals surface area contributed by atoms with Gasteiger partial charge in [0.1, 0.15) is 5.56 Å². The summed E-state index contributed by atoms with van der Waals surface area (Å²) in [5, 5.41) is 14.0. The Morgan fingerprint density at radius 1 is 1.42 bits per heavy atom. The van der Waals surface area contributed by atoms with E-state index in [0.717, 1.165) is 6.07 Å². The van der Waals surface area contributed by atoms with Gasteiger partial charge in [0.2, 0.25) is 0 Å². The highest BCUT2D eigenvalue weighted by Gasteiger charge is 2.27. The molecule has 1 aromatic rings. The van der Waals surface area contributed by atoms with Crippen LogP contribution in [0.3, 0.4) is 0 Å². The molecule has 1 saturated heterocycles. The van der Waals surface area contributed by atoms with Crippen LogP contribution in [0.1, 0.15) is 30.1 Å². The summed E-state index contributed by atoms with van der Waals surface area (Å²) in [6.07, 6.45) is 0.758. The van der Waals surface area contributed by atoms with Crippen LogP contribution in [-0.4, -0.2) is 47.6 Å². The molecule has 1 aliphatic heterocycles. The first-order valence-corrected chi connectivity index (χ1v) is 7.96. The lowest BCUT2D eigenvalue weighted by Crippen LogP contribution is -2.46. The predicted octanol–water partition coefficient (Wildman–Crippen LogP) is 2.60. The van der Waals surface area contributed by atoms with Gasteiger partial charge in [-0.25, -0.2) is 4.79 Å². The summed E-state index contributed by atoms with van der Waals surface area (Å²) < 4.78 is 4.93. The lowest BCUT2D eigenvalue weighted by molar-refractivity contribution is -0.385. The highest BCUT2D eigenvalue weighted by molar-refractivity contribution is 6.31. The summed E-state index contributed by atoms with van der Waals surface area (Å²) in [6, 6.07) is 3.77. The maximum absolute atomic E-state index is 12.3. The number of nitrogens with one attached hydrogen (secondary N) is 1. The number of halogens is 1. The quantitative estimate of drug-likeness (QED) is 0.660. The third kappa shape index (κ3) is 4.35. The van der Waals surface area contributed by atoms with Crippen LogP contribution in [0.25, 0.3) is 0 Å². The van der Waals surface area contributed by atoms with Gasteiger partial charge in [0.05, 0.1) is 11.5 Å². The molecule has 0 atom stereocenters. The van der Waals surface area contributed by atoms with Crippen LogP contribution in [0.5, 0.6) is 0 Å². The minimum absolute atomic E-state index is 0.0303. The maximum Gasteiger partial charge on any atom is 0.409 e. The van der Waals surface area contributed by atoms with Crippen LogP contribution in [0.2, 0.25) is 5.02 Å². The smallest absolute Gasteiger partial charge is 0.409 e. The van der Waals surface area contributed by atoms with Gasteiger partial charge >= 0.3 is 6.09 Å². The molecule has 0 aromatic heterocycles. The highest BCUT2D eigenvalue weighted by atomic mass is 35.5. The fraction of sp³-hybridized carbons (Fsp3) is 0.467. The van der Waals surface area contributed by atoms with E-state index in [4.69, 9.17) is 16.3 Å². The number of amides is 2. The average molecular weight is 356 g/mol. The number of benzene rings is 1. The summed E-state index contributed by atoms with van der Waals surface area (Å²) >= 11 is 5.74. The Balaban J connectivity index is 1.97. The van der Waals surface area contributed by atoms with Crippen LogP contribution in [0.15, 0.2) is 18.2 Å².